The number of amides is 1. The van der Waals surface area contributed by atoms with Crippen LogP contribution in [0.3, 0.4) is 0 Å². The van der Waals surface area contributed by atoms with Gasteiger partial charge in [0, 0.05) is 41.9 Å². The highest BCUT2D eigenvalue weighted by molar-refractivity contribution is 6.31. The van der Waals surface area contributed by atoms with Gasteiger partial charge in [0.05, 0.1) is 18.3 Å². The van der Waals surface area contributed by atoms with Gasteiger partial charge in [0.25, 0.3) is 5.91 Å². The van der Waals surface area contributed by atoms with Gasteiger partial charge >= 0.3 is 0 Å². The molecule has 1 amide bonds. The number of nitrogens with zero attached hydrogens (tertiary/aromatic N) is 2. The molecular formula is C23H24ClN3O3. The van der Waals surface area contributed by atoms with E-state index in [4.69, 9.17) is 25.9 Å². The SMILES string of the molecule is Cc1c(C(=O)NC[C@@H]2CCCO2)oc2c1-c1nn(Cc3ccccc3Cl)cc1CC2. The molecule has 3 aromatic rings. The molecule has 0 radical (unpaired) electrons. The summed E-state index contributed by atoms with van der Waals surface area (Å²) in [6.07, 6.45) is 5.82. The number of nitrogens with one attached hydrogen (secondary N) is 1. The molecule has 7 heteroatoms. The first-order chi connectivity index (χ1) is 14.6. The van der Waals surface area contributed by atoms with Crippen LogP contribution in [0, 0.1) is 6.92 Å². The molecule has 0 saturated carbocycles. The normalized spacial score (nSPS) is 17.6. The Morgan fingerprint density at radius 2 is 2.20 bits per heavy atom. The van der Waals surface area contributed by atoms with E-state index in [0.29, 0.717) is 18.8 Å². The summed E-state index contributed by atoms with van der Waals surface area (Å²) in [5.74, 6) is 1.03. The predicted octanol–water partition coefficient (Wildman–Crippen LogP) is 4.16. The summed E-state index contributed by atoms with van der Waals surface area (Å²) in [7, 11) is 0. The summed E-state index contributed by atoms with van der Waals surface area (Å²) in [5.41, 5.74) is 4.90. The summed E-state index contributed by atoms with van der Waals surface area (Å²) < 4.78 is 13.5. The summed E-state index contributed by atoms with van der Waals surface area (Å²) >= 11 is 6.31. The molecule has 5 rings (SSSR count). The maximum absolute atomic E-state index is 12.7. The Hall–Kier alpha value is -2.57. The summed E-state index contributed by atoms with van der Waals surface area (Å²) in [6.45, 7) is 3.83. The van der Waals surface area contributed by atoms with Gasteiger partial charge in [0.15, 0.2) is 5.76 Å². The van der Waals surface area contributed by atoms with E-state index in [1.807, 2.05) is 35.9 Å². The number of aromatic nitrogens is 2. The van der Waals surface area contributed by atoms with Crippen LogP contribution in [0.4, 0.5) is 0 Å². The second-order valence-corrected chi connectivity index (χ2v) is 8.40. The second-order valence-electron chi connectivity index (χ2n) is 7.99. The zero-order valence-electron chi connectivity index (χ0n) is 16.9. The number of hydrogen-bond donors (Lipinski definition) is 1. The van der Waals surface area contributed by atoms with Crippen LogP contribution in [0.1, 0.15) is 45.8 Å². The fourth-order valence-corrected chi connectivity index (χ4v) is 4.55. The van der Waals surface area contributed by atoms with Crippen LogP contribution >= 0.6 is 11.6 Å². The fraction of sp³-hybridized carbons (Fsp3) is 0.391. The Morgan fingerprint density at radius 3 is 3.00 bits per heavy atom. The van der Waals surface area contributed by atoms with E-state index in [2.05, 4.69) is 11.5 Å². The zero-order valence-corrected chi connectivity index (χ0v) is 17.7. The molecule has 1 aliphatic heterocycles. The lowest BCUT2D eigenvalue weighted by atomic mass is 9.93. The van der Waals surface area contributed by atoms with Gasteiger partial charge in [-0.2, -0.15) is 5.10 Å². The number of ether oxygens (including phenoxy) is 1. The molecule has 1 N–H and O–H groups in total. The van der Waals surface area contributed by atoms with Crippen LogP contribution in [-0.2, 0) is 24.1 Å². The minimum atomic E-state index is -0.186. The Labute approximate surface area is 180 Å². The predicted molar refractivity (Wildman–Crippen MR) is 114 cm³/mol. The molecule has 2 aliphatic rings. The van der Waals surface area contributed by atoms with Crippen molar-refractivity contribution in [1.82, 2.24) is 15.1 Å². The van der Waals surface area contributed by atoms with Crippen molar-refractivity contribution in [2.45, 2.75) is 45.3 Å². The largest absolute Gasteiger partial charge is 0.455 e. The number of rotatable bonds is 5. The van der Waals surface area contributed by atoms with Gasteiger partial charge in [-0.15, -0.1) is 0 Å². The molecule has 1 aliphatic carbocycles. The van der Waals surface area contributed by atoms with Gasteiger partial charge in [0.1, 0.15) is 5.76 Å². The molecule has 156 valence electrons. The van der Waals surface area contributed by atoms with E-state index in [1.165, 1.54) is 5.56 Å². The number of carbonyl (C=O) groups excluding carboxylic acids is 1. The fourth-order valence-electron chi connectivity index (χ4n) is 4.35. The van der Waals surface area contributed by atoms with Crippen molar-refractivity contribution in [2.24, 2.45) is 0 Å². The van der Waals surface area contributed by atoms with Crippen LogP contribution in [0.15, 0.2) is 34.9 Å². The first-order valence-electron chi connectivity index (χ1n) is 10.4. The van der Waals surface area contributed by atoms with Gasteiger partial charge in [-0.25, -0.2) is 0 Å². The zero-order chi connectivity index (χ0) is 20.7. The van der Waals surface area contributed by atoms with Gasteiger partial charge in [-0.05, 0) is 43.4 Å². The maximum Gasteiger partial charge on any atom is 0.287 e. The standard InChI is InChI=1S/C23H24ClN3O3/c1-14-20-19(30-22(14)23(28)25-11-17-6-4-10-29-17)9-8-16-13-27(26-21(16)20)12-15-5-2-3-7-18(15)24/h2-3,5,7,13,17H,4,6,8-12H2,1H3,(H,25,28)/t17-/m0/s1. The third-order valence-corrected chi connectivity index (χ3v) is 6.29. The van der Waals surface area contributed by atoms with E-state index in [-0.39, 0.29) is 12.0 Å². The van der Waals surface area contributed by atoms with Crippen LogP contribution in [0.2, 0.25) is 5.02 Å². The molecule has 2 aromatic heterocycles. The third-order valence-electron chi connectivity index (χ3n) is 5.93. The molecule has 0 spiro atoms. The van der Waals surface area contributed by atoms with E-state index < -0.39 is 0 Å². The van der Waals surface area contributed by atoms with Gasteiger partial charge in [-0.3, -0.25) is 9.48 Å². The van der Waals surface area contributed by atoms with Crippen LogP contribution < -0.4 is 5.32 Å². The molecule has 1 atom stereocenters. The lowest BCUT2D eigenvalue weighted by molar-refractivity contribution is 0.0833. The number of aryl methyl sites for hydroxylation is 2. The summed E-state index contributed by atoms with van der Waals surface area (Å²) in [5, 5.41) is 8.51. The minimum Gasteiger partial charge on any atom is -0.455 e. The van der Waals surface area contributed by atoms with E-state index >= 15 is 0 Å². The molecule has 0 bridgehead atoms. The summed E-state index contributed by atoms with van der Waals surface area (Å²) in [6, 6.07) is 7.80. The topological polar surface area (TPSA) is 69.3 Å². The number of carbonyl (C=O) groups is 1. The smallest absolute Gasteiger partial charge is 0.287 e. The molecule has 3 heterocycles. The monoisotopic (exact) mass is 425 g/mol. The molecule has 1 saturated heterocycles. The second kappa shape index (κ2) is 7.93. The Bertz CT molecular complexity index is 1100. The van der Waals surface area contributed by atoms with Crippen molar-refractivity contribution in [3.63, 3.8) is 0 Å². The van der Waals surface area contributed by atoms with Crippen molar-refractivity contribution in [3.8, 4) is 11.3 Å². The van der Waals surface area contributed by atoms with Crippen LogP contribution in [-0.4, -0.2) is 34.9 Å². The van der Waals surface area contributed by atoms with Crippen molar-refractivity contribution in [2.75, 3.05) is 13.2 Å². The molecule has 1 fully saturated rings. The molecule has 1 aromatic carbocycles. The first-order valence-corrected chi connectivity index (χ1v) is 10.8. The Morgan fingerprint density at radius 1 is 1.33 bits per heavy atom. The van der Waals surface area contributed by atoms with Gasteiger partial charge in [-0.1, -0.05) is 29.8 Å². The highest BCUT2D eigenvalue weighted by atomic mass is 35.5. The van der Waals surface area contributed by atoms with Crippen molar-refractivity contribution in [3.05, 3.63) is 63.7 Å². The quantitative estimate of drug-likeness (QED) is 0.666. The van der Waals surface area contributed by atoms with E-state index in [9.17, 15) is 4.79 Å². The molecule has 0 unspecified atom stereocenters. The number of halogens is 1. The first kappa shape index (κ1) is 19.4. The Balaban J connectivity index is 1.39. The number of furan rings is 1. The highest BCUT2D eigenvalue weighted by Crippen LogP contribution is 2.38. The average molecular weight is 426 g/mol. The number of hydrogen-bond acceptors (Lipinski definition) is 4. The average Bonchev–Trinajstić information content (AvgIpc) is 3.46. The van der Waals surface area contributed by atoms with Crippen molar-refractivity contribution in [1.29, 1.82) is 0 Å². The van der Waals surface area contributed by atoms with Gasteiger partial charge in [0.2, 0.25) is 0 Å². The lowest BCUT2D eigenvalue weighted by Crippen LogP contribution is -2.31. The van der Waals surface area contributed by atoms with Crippen molar-refractivity contribution < 1.29 is 13.9 Å². The van der Waals surface area contributed by atoms with Crippen molar-refractivity contribution >= 4 is 17.5 Å². The maximum atomic E-state index is 12.7. The van der Waals surface area contributed by atoms with E-state index in [0.717, 1.165) is 65.5 Å². The van der Waals surface area contributed by atoms with E-state index in [1.54, 1.807) is 0 Å². The molecule has 30 heavy (non-hydrogen) atoms. The van der Waals surface area contributed by atoms with Crippen LogP contribution in [0.25, 0.3) is 11.3 Å². The minimum absolute atomic E-state index is 0.103. The lowest BCUT2D eigenvalue weighted by Gasteiger charge is -2.10. The van der Waals surface area contributed by atoms with Crippen LogP contribution in [0.5, 0.6) is 0 Å². The Kier molecular flexibility index (Phi) is 5.13. The molecule has 6 nitrogen and oxygen atoms in total. The van der Waals surface area contributed by atoms with Gasteiger partial charge < -0.3 is 14.5 Å². The third kappa shape index (κ3) is 3.55. The summed E-state index contributed by atoms with van der Waals surface area (Å²) in [4.78, 5) is 12.7. The number of fused-ring (bicyclic) bond motifs is 3. The number of benzene rings is 1. The molecular weight excluding hydrogens is 402 g/mol. The highest BCUT2D eigenvalue weighted by Gasteiger charge is 2.30.